The minimum Gasteiger partial charge on any atom is -0.349 e. The standard InChI is InChI=1S/C19H25NO/c1-13(15-8-6-5-7-9-15)20-17(21)19-11-10-16(12-19)18(3,4)14(19)2/h5-9,13,16H,2,10-12H2,1,3-4H3,(H,20,21)/t13-,16-,19+/m0/s1. The van der Waals surface area contributed by atoms with Crippen LogP contribution in [0.2, 0.25) is 0 Å². The summed E-state index contributed by atoms with van der Waals surface area (Å²) in [7, 11) is 0. The molecule has 0 heterocycles. The SMILES string of the molecule is C=C1C(C)(C)[C@H]2CC[C@@]1(C(=O)N[C@@H](C)c1ccccc1)C2. The van der Waals surface area contributed by atoms with Gasteiger partial charge in [0, 0.05) is 0 Å². The van der Waals surface area contributed by atoms with Crippen LogP contribution in [-0.2, 0) is 4.79 Å². The van der Waals surface area contributed by atoms with Crippen LogP contribution in [-0.4, -0.2) is 5.91 Å². The number of fused-ring (bicyclic) bond motifs is 2. The number of hydrogen-bond acceptors (Lipinski definition) is 1. The molecule has 1 amide bonds. The second-order valence-corrected chi connectivity index (χ2v) is 7.33. The van der Waals surface area contributed by atoms with Crippen LogP contribution >= 0.6 is 0 Å². The van der Waals surface area contributed by atoms with E-state index in [4.69, 9.17) is 0 Å². The van der Waals surface area contributed by atoms with Crippen LogP contribution in [0.1, 0.15) is 51.6 Å². The summed E-state index contributed by atoms with van der Waals surface area (Å²) < 4.78 is 0. The zero-order valence-electron chi connectivity index (χ0n) is 13.3. The minimum atomic E-state index is -0.322. The van der Waals surface area contributed by atoms with Crippen LogP contribution in [0.3, 0.4) is 0 Å². The Morgan fingerprint density at radius 2 is 2.00 bits per heavy atom. The van der Waals surface area contributed by atoms with Gasteiger partial charge in [0.2, 0.25) is 5.91 Å². The molecule has 2 saturated carbocycles. The first kappa shape index (κ1) is 14.4. The fraction of sp³-hybridized carbons (Fsp3) is 0.526. The van der Waals surface area contributed by atoms with Gasteiger partial charge in [0.25, 0.3) is 0 Å². The summed E-state index contributed by atoms with van der Waals surface area (Å²) in [5.74, 6) is 0.791. The highest BCUT2D eigenvalue weighted by atomic mass is 16.2. The monoisotopic (exact) mass is 283 g/mol. The summed E-state index contributed by atoms with van der Waals surface area (Å²) in [6.45, 7) is 10.8. The van der Waals surface area contributed by atoms with E-state index in [0.717, 1.165) is 30.4 Å². The number of carbonyl (C=O) groups excluding carboxylic acids is 1. The molecule has 3 rings (SSSR count). The van der Waals surface area contributed by atoms with E-state index in [1.54, 1.807) is 0 Å². The molecule has 0 unspecified atom stereocenters. The molecule has 3 atom stereocenters. The van der Waals surface area contributed by atoms with Gasteiger partial charge in [-0.3, -0.25) is 4.79 Å². The van der Waals surface area contributed by atoms with Gasteiger partial charge in [-0.1, -0.05) is 56.3 Å². The molecule has 0 aromatic heterocycles. The average molecular weight is 283 g/mol. The zero-order chi connectivity index (χ0) is 15.3. The Hall–Kier alpha value is -1.57. The van der Waals surface area contributed by atoms with E-state index in [2.05, 4.69) is 44.8 Å². The van der Waals surface area contributed by atoms with Crippen molar-refractivity contribution in [2.24, 2.45) is 16.7 Å². The second kappa shape index (κ2) is 4.72. The maximum absolute atomic E-state index is 12.9. The summed E-state index contributed by atoms with van der Waals surface area (Å²) in [5, 5.41) is 3.22. The van der Waals surface area contributed by atoms with Gasteiger partial charge in [0.15, 0.2) is 0 Å². The lowest BCUT2D eigenvalue weighted by Gasteiger charge is -2.37. The van der Waals surface area contributed by atoms with Crippen LogP contribution in [0.5, 0.6) is 0 Å². The summed E-state index contributed by atoms with van der Waals surface area (Å²) in [6, 6.07) is 10.2. The highest BCUT2D eigenvalue weighted by Crippen LogP contribution is 2.65. The number of carbonyl (C=O) groups is 1. The largest absolute Gasteiger partial charge is 0.349 e. The Kier molecular flexibility index (Phi) is 3.23. The van der Waals surface area contributed by atoms with Gasteiger partial charge < -0.3 is 5.32 Å². The number of benzene rings is 1. The van der Waals surface area contributed by atoms with Crippen molar-refractivity contribution in [1.29, 1.82) is 0 Å². The predicted octanol–water partition coefficient (Wildman–Crippen LogP) is 4.25. The molecule has 1 aromatic rings. The molecule has 0 saturated heterocycles. The number of rotatable bonds is 3. The molecule has 2 aliphatic rings. The van der Waals surface area contributed by atoms with Crippen LogP contribution in [0, 0.1) is 16.7 Å². The Labute approximate surface area is 127 Å². The lowest BCUT2D eigenvalue weighted by atomic mass is 9.68. The summed E-state index contributed by atoms with van der Waals surface area (Å²) >= 11 is 0. The van der Waals surface area contributed by atoms with Gasteiger partial charge in [0.1, 0.15) is 0 Å². The summed E-state index contributed by atoms with van der Waals surface area (Å²) in [5.41, 5.74) is 2.08. The fourth-order valence-electron chi connectivity index (χ4n) is 4.30. The first-order valence-electron chi connectivity index (χ1n) is 7.94. The van der Waals surface area contributed by atoms with Crippen molar-refractivity contribution in [3.8, 4) is 0 Å². The first-order chi connectivity index (χ1) is 9.88. The molecule has 1 aromatic carbocycles. The van der Waals surface area contributed by atoms with Crippen molar-refractivity contribution in [3.63, 3.8) is 0 Å². The Balaban J connectivity index is 1.79. The second-order valence-electron chi connectivity index (χ2n) is 7.33. The van der Waals surface area contributed by atoms with E-state index in [9.17, 15) is 4.79 Å². The lowest BCUT2D eigenvalue weighted by molar-refractivity contribution is -0.129. The molecule has 112 valence electrons. The molecule has 21 heavy (non-hydrogen) atoms. The lowest BCUT2D eigenvalue weighted by Crippen LogP contribution is -2.42. The third kappa shape index (κ3) is 2.04. The number of nitrogens with one attached hydrogen (secondary N) is 1. The number of amides is 1. The molecule has 2 nitrogen and oxygen atoms in total. The summed E-state index contributed by atoms with van der Waals surface area (Å²) in [6.07, 6.45) is 3.10. The van der Waals surface area contributed by atoms with Gasteiger partial charge in [-0.05, 0) is 43.1 Å². The Morgan fingerprint density at radius 3 is 2.57 bits per heavy atom. The van der Waals surface area contributed by atoms with E-state index < -0.39 is 0 Å². The third-order valence-corrected chi connectivity index (χ3v) is 5.97. The van der Waals surface area contributed by atoms with Gasteiger partial charge in [0.05, 0.1) is 11.5 Å². The average Bonchev–Trinajstić information content (AvgIpc) is 3.00. The van der Waals surface area contributed by atoms with Gasteiger partial charge in [-0.25, -0.2) is 0 Å². The van der Waals surface area contributed by atoms with Gasteiger partial charge >= 0.3 is 0 Å². The highest BCUT2D eigenvalue weighted by Gasteiger charge is 2.60. The van der Waals surface area contributed by atoms with Crippen molar-refractivity contribution >= 4 is 5.91 Å². The van der Waals surface area contributed by atoms with Crippen molar-refractivity contribution in [3.05, 3.63) is 48.0 Å². The molecular weight excluding hydrogens is 258 g/mol. The summed E-state index contributed by atoms with van der Waals surface area (Å²) in [4.78, 5) is 12.9. The smallest absolute Gasteiger partial charge is 0.230 e. The minimum absolute atomic E-state index is 0.0450. The molecular formula is C19H25NO. The molecule has 0 spiro atoms. The third-order valence-electron chi connectivity index (χ3n) is 5.97. The van der Waals surface area contributed by atoms with Gasteiger partial charge in [-0.15, -0.1) is 0 Å². The van der Waals surface area contributed by atoms with E-state index in [-0.39, 0.29) is 22.8 Å². The maximum Gasteiger partial charge on any atom is 0.230 e. The topological polar surface area (TPSA) is 29.1 Å². The van der Waals surface area contributed by atoms with Crippen LogP contribution < -0.4 is 5.32 Å². The van der Waals surface area contributed by atoms with Gasteiger partial charge in [-0.2, -0.15) is 0 Å². The van der Waals surface area contributed by atoms with Crippen molar-refractivity contribution in [2.45, 2.75) is 46.1 Å². The van der Waals surface area contributed by atoms with E-state index in [0.29, 0.717) is 5.92 Å². The Morgan fingerprint density at radius 1 is 1.33 bits per heavy atom. The van der Waals surface area contributed by atoms with Crippen LogP contribution in [0.25, 0.3) is 0 Å². The normalized spacial score (nSPS) is 31.2. The highest BCUT2D eigenvalue weighted by molar-refractivity contribution is 5.87. The molecule has 0 radical (unpaired) electrons. The quantitative estimate of drug-likeness (QED) is 0.826. The molecule has 0 aliphatic heterocycles. The molecule has 1 N–H and O–H groups in total. The molecule has 2 aliphatic carbocycles. The van der Waals surface area contributed by atoms with Crippen molar-refractivity contribution in [1.82, 2.24) is 5.32 Å². The van der Waals surface area contributed by atoms with Crippen LogP contribution in [0.4, 0.5) is 0 Å². The van der Waals surface area contributed by atoms with E-state index >= 15 is 0 Å². The van der Waals surface area contributed by atoms with Crippen molar-refractivity contribution in [2.75, 3.05) is 0 Å². The molecule has 2 bridgehead atoms. The fourth-order valence-corrected chi connectivity index (χ4v) is 4.30. The van der Waals surface area contributed by atoms with E-state index in [1.807, 2.05) is 18.2 Å². The van der Waals surface area contributed by atoms with Crippen LogP contribution in [0.15, 0.2) is 42.5 Å². The van der Waals surface area contributed by atoms with Crippen molar-refractivity contribution < 1.29 is 4.79 Å². The van der Waals surface area contributed by atoms with E-state index in [1.165, 1.54) is 0 Å². The molecule has 2 fully saturated rings. The number of hydrogen-bond donors (Lipinski definition) is 1. The predicted molar refractivity (Wildman–Crippen MR) is 85.7 cm³/mol. The maximum atomic E-state index is 12.9. The zero-order valence-corrected chi connectivity index (χ0v) is 13.3. The first-order valence-corrected chi connectivity index (χ1v) is 7.94. The Bertz CT molecular complexity index is 574. The molecule has 2 heteroatoms.